The number of nitrogens with zero attached hydrogens (tertiary/aromatic N) is 1. The molecular weight excluding hydrogens is 222 g/mol. The SMILES string of the molecule is CC(C)c1ccc2c(c1)c(C(C)C)cn2CCO. The van der Waals surface area contributed by atoms with Gasteiger partial charge in [0, 0.05) is 23.6 Å². The van der Waals surface area contributed by atoms with Crippen LogP contribution in [0.4, 0.5) is 0 Å². The molecule has 0 unspecified atom stereocenters. The first-order valence-corrected chi connectivity index (χ1v) is 6.78. The Morgan fingerprint density at radius 2 is 1.83 bits per heavy atom. The van der Waals surface area contributed by atoms with E-state index in [4.69, 9.17) is 5.11 Å². The molecule has 0 saturated carbocycles. The number of aliphatic hydroxyl groups excluding tert-OH is 1. The van der Waals surface area contributed by atoms with Crippen LogP contribution >= 0.6 is 0 Å². The maximum Gasteiger partial charge on any atom is 0.0610 e. The van der Waals surface area contributed by atoms with Crippen LogP contribution in [0.1, 0.15) is 50.7 Å². The first kappa shape index (κ1) is 13.2. The standard InChI is InChI=1S/C16H23NO/c1-11(2)13-5-6-16-14(9-13)15(12(3)4)10-17(16)7-8-18/h5-6,9-12,18H,7-8H2,1-4H3. The van der Waals surface area contributed by atoms with Crippen molar-refractivity contribution < 1.29 is 5.11 Å². The lowest BCUT2D eigenvalue weighted by molar-refractivity contribution is 0.278. The lowest BCUT2D eigenvalue weighted by atomic mass is 9.97. The van der Waals surface area contributed by atoms with Gasteiger partial charge in [-0.05, 0) is 35.1 Å². The minimum Gasteiger partial charge on any atom is -0.395 e. The predicted molar refractivity (Wildman–Crippen MR) is 77.2 cm³/mol. The summed E-state index contributed by atoms with van der Waals surface area (Å²) in [5.41, 5.74) is 3.99. The van der Waals surface area contributed by atoms with Crippen LogP contribution in [-0.4, -0.2) is 16.3 Å². The van der Waals surface area contributed by atoms with E-state index in [-0.39, 0.29) is 6.61 Å². The fourth-order valence-electron chi connectivity index (χ4n) is 2.45. The van der Waals surface area contributed by atoms with Gasteiger partial charge in [0.2, 0.25) is 0 Å². The van der Waals surface area contributed by atoms with Crippen molar-refractivity contribution in [1.29, 1.82) is 0 Å². The summed E-state index contributed by atoms with van der Waals surface area (Å²) in [5.74, 6) is 1.06. The van der Waals surface area contributed by atoms with E-state index < -0.39 is 0 Å². The third-order valence-corrected chi connectivity index (χ3v) is 3.57. The van der Waals surface area contributed by atoms with Gasteiger partial charge >= 0.3 is 0 Å². The summed E-state index contributed by atoms with van der Waals surface area (Å²) >= 11 is 0. The fraction of sp³-hybridized carbons (Fsp3) is 0.500. The van der Waals surface area contributed by atoms with E-state index in [2.05, 4.69) is 56.7 Å². The van der Waals surface area contributed by atoms with Gasteiger partial charge in [0.15, 0.2) is 0 Å². The van der Waals surface area contributed by atoms with E-state index >= 15 is 0 Å². The van der Waals surface area contributed by atoms with Gasteiger partial charge in [-0.15, -0.1) is 0 Å². The molecule has 0 aliphatic heterocycles. The van der Waals surface area contributed by atoms with Crippen LogP contribution < -0.4 is 0 Å². The maximum absolute atomic E-state index is 9.15. The first-order valence-electron chi connectivity index (χ1n) is 6.78. The highest BCUT2D eigenvalue weighted by molar-refractivity contribution is 5.85. The Balaban J connectivity index is 2.63. The Morgan fingerprint density at radius 1 is 1.11 bits per heavy atom. The van der Waals surface area contributed by atoms with Gasteiger partial charge in [-0.1, -0.05) is 33.8 Å². The lowest BCUT2D eigenvalue weighted by Crippen LogP contribution is -2.00. The average molecular weight is 245 g/mol. The molecule has 0 saturated heterocycles. The molecule has 18 heavy (non-hydrogen) atoms. The number of rotatable bonds is 4. The zero-order valence-electron chi connectivity index (χ0n) is 11.8. The smallest absolute Gasteiger partial charge is 0.0610 e. The lowest BCUT2D eigenvalue weighted by Gasteiger charge is -2.08. The molecular formula is C16H23NO. The van der Waals surface area contributed by atoms with Crippen LogP contribution in [0.5, 0.6) is 0 Å². The number of benzene rings is 1. The molecule has 2 rings (SSSR count). The number of hydrogen-bond donors (Lipinski definition) is 1. The zero-order chi connectivity index (χ0) is 13.3. The van der Waals surface area contributed by atoms with Crippen molar-refractivity contribution in [2.24, 2.45) is 0 Å². The minimum atomic E-state index is 0.188. The number of aliphatic hydroxyl groups is 1. The van der Waals surface area contributed by atoms with Gasteiger partial charge < -0.3 is 9.67 Å². The average Bonchev–Trinajstić information content (AvgIpc) is 2.68. The Morgan fingerprint density at radius 3 is 2.39 bits per heavy atom. The third kappa shape index (κ3) is 2.30. The van der Waals surface area contributed by atoms with Crippen molar-refractivity contribution in [3.63, 3.8) is 0 Å². The molecule has 0 atom stereocenters. The second kappa shape index (κ2) is 5.15. The third-order valence-electron chi connectivity index (χ3n) is 3.57. The molecule has 0 fully saturated rings. The molecule has 2 aromatic rings. The molecule has 2 heteroatoms. The molecule has 0 bridgehead atoms. The molecule has 0 aliphatic carbocycles. The second-order valence-electron chi connectivity index (χ2n) is 5.59. The highest BCUT2D eigenvalue weighted by Gasteiger charge is 2.12. The molecule has 0 radical (unpaired) electrons. The largest absolute Gasteiger partial charge is 0.395 e. The highest BCUT2D eigenvalue weighted by atomic mass is 16.3. The molecule has 2 nitrogen and oxygen atoms in total. The molecule has 0 spiro atoms. The topological polar surface area (TPSA) is 25.2 Å². The number of hydrogen-bond acceptors (Lipinski definition) is 1. The number of aromatic nitrogens is 1. The highest BCUT2D eigenvalue weighted by Crippen LogP contribution is 2.30. The Labute approximate surface area is 109 Å². The van der Waals surface area contributed by atoms with Crippen LogP contribution in [0.3, 0.4) is 0 Å². The molecule has 0 amide bonds. The summed E-state index contributed by atoms with van der Waals surface area (Å²) in [6, 6.07) is 6.69. The van der Waals surface area contributed by atoms with Crippen molar-refractivity contribution in [2.45, 2.75) is 46.1 Å². The van der Waals surface area contributed by atoms with Gasteiger partial charge in [0.25, 0.3) is 0 Å². The van der Waals surface area contributed by atoms with E-state index in [1.54, 1.807) is 0 Å². The van der Waals surface area contributed by atoms with Gasteiger partial charge in [-0.2, -0.15) is 0 Å². The summed E-state index contributed by atoms with van der Waals surface area (Å²) < 4.78 is 2.16. The summed E-state index contributed by atoms with van der Waals surface area (Å²) in [5, 5.41) is 10.5. The fourth-order valence-corrected chi connectivity index (χ4v) is 2.45. The number of fused-ring (bicyclic) bond motifs is 1. The van der Waals surface area contributed by atoms with Crippen molar-refractivity contribution in [3.05, 3.63) is 35.5 Å². The van der Waals surface area contributed by atoms with Gasteiger partial charge in [0.05, 0.1) is 6.61 Å². The zero-order valence-corrected chi connectivity index (χ0v) is 11.8. The van der Waals surface area contributed by atoms with Crippen LogP contribution in [0.25, 0.3) is 10.9 Å². The normalized spacial score (nSPS) is 11.9. The van der Waals surface area contributed by atoms with Crippen LogP contribution in [0.2, 0.25) is 0 Å². The predicted octanol–water partition coefficient (Wildman–Crippen LogP) is 3.88. The first-order chi connectivity index (χ1) is 8.54. The van der Waals surface area contributed by atoms with Crippen molar-refractivity contribution in [2.75, 3.05) is 6.61 Å². The van der Waals surface area contributed by atoms with Crippen LogP contribution in [-0.2, 0) is 6.54 Å². The molecule has 1 heterocycles. The quantitative estimate of drug-likeness (QED) is 0.868. The van der Waals surface area contributed by atoms with Gasteiger partial charge in [-0.3, -0.25) is 0 Å². The molecule has 0 aliphatic rings. The Bertz CT molecular complexity index is 537. The molecule has 98 valence electrons. The van der Waals surface area contributed by atoms with E-state index in [0.717, 1.165) is 0 Å². The summed E-state index contributed by atoms with van der Waals surface area (Å²) in [6.45, 7) is 9.75. The van der Waals surface area contributed by atoms with E-state index in [0.29, 0.717) is 18.4 Å². The molecule has 1 aromatic heterocycles. The van der Waals surface area contributed by atoms with Crippen molar-refractivity contribution in [3.8, 4) is 0 Å². The van der Waals surface area contributed by atoms with Crippen LogP contribution in [0, 0.1) is 0 Å². The summed E-state index contributed by atoms with van der Waals surface area (Å²) in [7, 11) is 0. The van der Waals surface area contributed by atoms with E-state index in [9.17, 15) is 0 Å². The van der Waals surface area contributed by atoms with E-state index in [1.807, 2.05) is 0 Å². The minimum absolute atomic E-state index is 0.188. The van der Waals surface area contributed by atoms with Gasteiger partial charge in [-0.25, -0.2) is 0 Å². The maximum atomic E-state index is 9.15. The monoisotopic (exact) mass is 245 g/mol. The van der Waals surface area contributed by atoms with Crippen molar-refractivity contribution >= 4 is 10.9 Å². The second-order valence-corrected chi connectivity index (χ2v) is 5.59. The molecule has 1 N–H and O–H groups in total. The molecule has 1 aromatic carbocycles. The van der Waals surface area contributed by atoms with Gasteiger partial charge in [0.1, 0.15) is 0 Å². The van der Waals surface area contributed by atoms with E-state index in [1.165, 1.54) is 22.0 Å². The summed E-state index contributed by atoms with van der Waals surface area (Å²) in [4.78, 5) is 0. The van der Waals surface area contributed by atoms with Crippen molar-refractivity contribution in [1.82, 2.24) is 4.57 Å². The Kier molecular flexibility index (Phi) is 3.76. The van der Waals surface area contributed by atoms with Crippen LogP contribution in [0.15, 0.2) is 24.4 Å². The summed E-state index contributed by atoms with van der Waals surface area (Å²) in [6.07, 6.45) is 2.19. The Hall–Kier alpha value is -1.28.